The molecule has 122 valence electrons. The average molecular weight is 348 g/mol. The van der Waals surface area contributed by atoms with E-state index in [0.29, 0.717) is 10.5 Å². The van der Waals surface area contributed by atoms with E-state index in [1.165, 1.54) is 12.1 Å². The lowest BCUT2D eigenvalue weighted by atomic mass is 10.1. The van der Waals surface area contributed by atoms with Gasteiger partial charge in [0.05, 0.1) is 6.42 Å². The van der Waals surface area contributed by atoms with Crippen molar-refractivity contribution in [1.82, 2.24) is 0 Å². The van der Waals surface area contributed by atoms with Gasteiger partial charge in [0.2, 0.25) is 5.82 Å². The van der Waals surface area contributed by atoms with Crippen LogP contribution in [0.1, 0.15) is 11.1 Å². The highest BCUT2D eigenvalue weighted by atomic mass is 32.2. The van der Waals surface area contributed by atoms with Gasteiger partial charge < -0.3 is 5.11 Å². The van der Waals surface area contributed by atoms with E-state index < -0.39 is 46.4 Å². The van der Waals surface area contributed by atoms with Gasteiger partial charge in [-0.15, -0.1) is 11.8 Å². The van der Waals surface area contributed by atoms with E-state index in [9.17, 15) is 26.7 Å². The first-order valence-corrected chi connectivity index (χ1v) is 7.24. The Labute approximate surface area is 131 Å². The lowest BCUT2D eigenvalue weighted by Crippen LogP contribution is -2.06. The van der Waals surface area contributed by atoms with Gasteiger partial charge in [-0.3, -0.25) is 4.79 Å². The summed E-state index contributed by atoms with van der Waals surface area (Å²) in [5, 5.41) is 8.80. The van der Waals surface area contributed by atoms with Crippen molar-refractivity contribution in [2.75, 3.05) is 0 Å². The molecule has 0 aliphatic carbocycles. The Morgan fingerprint density at radius 1 is 0.913 bits per heavy atom. The predicted octanol–water partition coefficient (Wildman–Crippen LogP) is 4.30. The van der Waals surface area contributed by atoms with Crippen molar-refractivity contribution in [3.8, 4) is 0 Å². The molecule has 0 saturated carbocycles. The van der Waals surface area contributed by atoms with E-state index in [-0.39, 0.29) is 6.42 Å². The van der Waals surface area contributed by atoms with Gasteiger partial charge in [-0.25, -0.2) is 22.0 Å². The SMILES string of the molecule is O=C(O)Cc1ccccc1SCc1c(F)c(F)c(F)c(F)c1F. The fourth-order valence-corrected chi connectivity index (χ4v) is 2.93. The summed E-state index contributed by atoms with van der Waals surface area (Å²) in [5.41, 5.74) is -0.564. The number of thioether (sulfide) groups is 1. The minimum absolute atomic E-state index is 0.319. The zero-order valence-electron chi connectivity index (χ0n) is 11.4. The minimum atomic E-state index is -2.21. The van der Waals surface area contributed by atoms with Crippen molar-refractivity contribution >= 4 is 17.7 Å². The number of aliphatic carboxylic acids is 1. The highest BCUT2D eigenvalue weighted by Crippen LogP contribution is 2.31. The molecule has 0 aliphatic rings. The van der Waals surface area contributed by atoms with E-state index in [4.69, 9.17) is 5.11 Å². The molecule has 2 nitrogen and oxygen atoms in total. The molecular formula is C15H9F5O2S. The summed E-state index contributed by atoms with van der Waals surface area (Å²) in [6, 6.07) is 6.18. The van der Waals surface area contributed by atoms with Crippen LogP contribution < -0.4 is 0 Å². The molecule has 0 saturated heterocycles. The summed E-state index contributed by atoms with van der Waals surface area (Å²) in [5.74, 6) is -11.6. The van der Waals surface area contributed by atoms with Crippen molar-refractivity contribution < 1.29 is 31.9 Å². The van der Waals surface area contributed by atoms with Crippen molar-refractivity contribution in [2.24, 2.45) is 0 Å². The highest BCUT2D eigenvalue weighted by molar-refractivity contribution is 7.98. The topological polar surface area (TPSA) is 37.3 Å². The maximum Gasteiger partial charge on any atom is 0.307 e. The van der Waals surface area contributed by atoms with Crippen LogP contribution in [-0.4, -0.2) is 11.1 Å². The van der Waals surface area contributed by atoms with Crippen LogP contribution >= 0.6 is 11.8 Å². The molecule has 23 heavy (non-hydrogen) atoms. The standard InChI is InChI=1S/C15H9F5O2S/c16-11-8(12(17)14(19)15(20)13(11)18)6-23-9-4-2-1-3-7(9)5-10(21)22/h1-4H,5-6H2,(H,21,22). The zero-order chi connectivity index (χ0) is 17.1. The summed E-state index contributed by atoms with van der Waals surface area (Å²) < 4.78 is 66.4. The number of carboxylic acids is 1. The largest absolute Gasteiger partial charge is 0.481 e. The highest BCUT2D eigenvalue weighted by Gasteiger charge is 2.25. The number of carboxylic acid groups (broad SMARTS) is 1. The van der Waals surface area contributed by atoms with Gasteiger partial charge in [0.1, 0.15) is 0 Å². The Morgan fingerprint density at radius 2 is 1.43 bits per heavy atom. The smallest absolute Gasteiger partial charge is 0.307 e. The summed E-state index contributed by atoms with van der Waals surface area (Å²) in [6.07, 6.45) is -0.319. The monoisotopic (exact) mass is 348 g/mol. The third-order valence-corrected chi connectivity index (χ3v) is 4.13. The van der Waals surface area contributed by atoms with Gasteiger partial charge in [0.15, 0.2) is 23.3 Å². The fraction of sp³-hybridized carbons (Fsp3) is 0.133. The molecule has 0 spiro atoms. The molecule has 0 unspecified atom stereocenters. The quantitative estimate of drug-likeness (QED) is 0.379. The number of benzene rings is 2. The normalized spacial score (nSPS) is 10.8. The van der Waals surface area contributed by atoms with E-state index in [1.54, 1.807) is 12.1 Å². The third-order valence-electron chi connectivity index (χ3n) is 2.99. The molecular weight excluding hydrogens is 339 g/mol. The molecule has 0 bridgehead atoms. The average Bonchev–Trinajstić information content (AvgIpc) is 2.52. The molecule has 1 N–H and O–H groups in total. The van der Waals surface area contributed by atoms with Crippen LogP contribution in [0.5, 0.6) is 0 Å². The van der Waals surface area contributed by atoms with Gasteiger partial charge in [0, 0.05) is 16.2 Å². The number of rotatable bonds is 5. The second kappa shape index (κ2) is 6.99. The van der Waals surface area contributed by atoms with Crippen molar-refractivity contribution in [3.63, 3.8) is 0 Å². The fourth-order valence-electron chi connectivity index (χ4n) is 1.88. The molecule has 0 atom stereocenters. The second-order valence-corrected chi connectivity index (χ2v) is 5.53. The first-order chi connectivity index (χ1) is 10.8. The van der Waals surface area contributed by atoms with Gasteiger partial charge in [-0.2, -0.15) is 0 Å². The molecule has 0 radical (unpaired) electrons. The van der Waals surface area contributed by atoms with Crippen LogP contribution in [0.15, 0.2) is 29.2 Å². The second-order valence-electron chi connectivity index (χ2n) is 4.52. The molecule has 0 fully saturated rings. The van der Waals surface area contributed by atoms with Gasteiger partial charge >= 0.3 is 5.97 Å². The summed E-state index contributed by atoms with van der Waals surface area (Å²) in [4.78, 5) is 11.1. The Kier molecular flexibility index (Phi) is 5.25. The zero-order valence-corrected chi connectivity index (χ0v) is 12.2. The van der Waals surface area contributed by atoms with Crippen LogP contribution in [0.3, 0.4) is 0 Å². The maximum atomic E-state index is 13.6. The van der Waals surface area contributed by atoms with E-state index in [2.05, 4.69) is 0 Å². The van der Waals surface area contributed by atoms with Crippen LogP contribution in [0.4, 0.5) is 22.0 Å². The molecule has 0 heterocycles. The third kappa shape index (κ3) is 3.64. The Balaban J connectivity index is 2.31. The van der Waals surface area contributed by atoms with Crippen LogP contribution in [0, 0.1) is 29.1 Å². The number of halogens is 5. The van der Waals surface area contributed by atoms with Gasteiger partial charge in [0.25, 0.3) is 0 Å². The van der Waals surface area contributed by atoms with Crippen LogP contribution in [0.2, 0.25) is 0 Å². The molecule has 2 rings (SSSR count). The first-order valence-electron chi connectivity index (χ1n) is 6.25. The van der Waals surface area contributed by atoms with Crippen LogP contribution in [-0.2, 0) is 17.0 Å². The molecule has 0 amide bonds. The Bertz CT molecular complexity index is 735. The van der Waals surface area contributed by atoms with E-state index in [1.807, 2.05) is 0 Å². The Morgan fingerprint density at radius 3 is 2.00 bits per heavy atom. The maximum absolute atomic E-state index is 13.6. The van der Waals surface area contributed by atoms with Crippen molar-refractivity contribution in [3.05, 3.63) is 64.5 Å². The van der Waals surface area contributed by atoms with Crippen LogP contribution in [0.25, 0.3) is 0 Å². The molecule has 0 aliphatic heterocycles. The van der Waals surface area contributed by atoms with Crippen molar-refractivity contribution in [1.29, 1.82) is 0 Å². The molecule has 2 aromatic rings. The number of hydrogen-bond donors (Lipinski definition) is 1. The van der Waals surface area contributed by atoms with Gasteiger partial charge in [-0.05, 0) is 11.6 Å². The first kappa shape index (κ1) is 17.3. The van der Waals surface area contributed by atoms with E-state index >= 15 is 0 Å². The number of hydrogen-bond acceptors (Lipinski definition) is 2. The molecule has 0 aromatic heterocycles. The Hall–Kier alpha value is -2.09. The molecule has 8 heteroatoms. The lowest BCUT2D eigenvalue weighted by molar-refractivity contribution is -0.136. The number of carbonyl (C=O) groups is 1. The summed E-state index contributed by atoms with van der Waals surface area (Å²) in [6.45, 7) is 0. The van der Waals surface area contributed by atoms with Crippen molar-refractivity contribution in [2.45, 2.75) is 17.1 Å². The summed E-state index contributed by atoms with van der Waals surface area (Å²) in [7, 11) is 0. The summed E-state index contributed by atoms with van der Waals surface area (Å²) >= 11 is 0.795. The minimum Gasteiger partial charge on any atom is -0.481 e. The predicted molar refractivity (Wildman–Crippen MR) is 73.6 cm³/mol. The van der Waals surface area contributed by atoms with E-state index in [0.717, 1.165) is 11.8 Å². The molecule has 2 aromatic carbocycles. The van der Waals surface area contributed by atoms with Gasteiger partial charge in [-0.1, -0.05) is 18.2 Å². The lowest BCUT2D eigenvalue weighted by Gasteiger charge is -2.10.